The van der Waals surface area contributed by atoms with E-state index < -0.39 is 0 Å². The lowest BCUT2D eigenvalue weighted by Crippen LogP contribution is -1.96. The summed E-state index contributed by atoms with van der Waals surface area (Å²) in [4.78, 5) is 0. The van der Waals surface area contributed by atoms with Crippen LogP contribution in [0.4, 0.5) is 17.2 Å². The minimum absolute atomic E-state index is 0.592. The van der Waals surface area contributed by atoms with Crippen molar-refractivity contribution in [1.29, 1.82) is 0 Å². The Labute approximate surface area is 92.1 Å². The highest BCUT2D eigenvalue weighted by molar-refractivity contribution is 6.33. The van der Waals surface area contributed by atoms with E-state index in [1.807, 2.05) is 0 Å². The number of hydrogen-bond acceptors (Lipinski definition) is 4. The molecule has 1 aromatic heterocycles. The summed E-state index contributed by atoms with van der Waals surface area (Å²) < 4.78 is 0. The Bertz CT molecular complexity index is 458. The van der Waals surface area contributed by atoms with Gasteiger partial charge in [-0.05, 0) is 30.3 Å². The lowest BCUT2D eigenvalue weighted by atomic mass is 10.3. The van der Waals surface area contributed by atoms with Gasteiger partial charge in [0.1, 0.15) is 0 Å². The predicted molar refractivity (Wildman–Crippen MR) is 61.2 cm³/mol. The molecule has 0 saturated heterocycles. The molecule has 2 rings (SSSR count). The van der Waals surface area contributed by atoms with Crippen molar-refractivity contribution in [3.05, 3.63) is 41.6 Å². The maximum Gasteiger partial charge on any atom is 0.153 e. The zero-order valence-corrected chi connectivity index (χ0v) is 8.57. The third kappa shape index (κ3) is 2.35. The molecule has 0 aliphatic heterocycles. The molecule has 0 saturated carbocycles. The summed E-state index contributed by atoms with van der Waals surface area (Å²) in [5, 5.41) is 11.3. The number of aromatic nitrogens is 2. The summed E-state index contributed by atoms with van der Waals surface area (Å²) in [5.41, 5.74) is 7.01. The first-order valence-electron chi connectivity index (χ1n) is 4.35. The molecule has 0 unspecified atom stereocenters. The van der Waals surface area contributed by atoms with Crippen LogP contribution < -0.4 is 11.1 Å². The molecule has 3 N–H and O–H groups in total. The van der Waals surface area contributed by atoms with Crippen molar-refractivity contribution in [2.24, 2.45) is 0 Å². The lowest BCUT2D eigenvalue weighted by molar-refractivity contribution is 1.04. The molecule has 0 atom stereocenters. The fourth-order valence-corrected chi connectivity index (χ4v) is 1.31. The van der Waals surface area contributed by atoms with Crippen LogP contribution in [0.25, 0.3) is 0 Å². The molecule has 0 fully saturated rings. The number of nitrogens with zero attached hydrogens (tertiary/aromatic N) is 2. The molecule has 0 bridgehead atoms. The topological polar surface area (TPSA) is 63.8 Å². The van der Waals surface area contributed by atoms with Gasteiger partial charge in [-0.1, -0.05) is 11.6 Å². The molecule has 5 heteroatoms. The van der Waals surface area contributed by atoms with E-state index in [1.165, 1.54) is 0 Å². The van der Waals surface area contributed by atoms with Gasteiger partial charge in [-0.25, -0.2) is 0 Å². The van der Waals surface area contributed by atoms with E-state index in [4.69, 9.17) is 17.3 Å². The third-order valence-electron chi connectivity index (χ3n) is 1.83. The van der Waals surface area contributed by atoms with Crippen molar-refractivity contribution >= 4 is 28.8 Å². The van der Waals surface area contributed by atoms with Gasteiger partial charge in [-0.2, -0.15) is 5.10 Å². The minimum Gasteiger partial charge on any atom is -0.399 e. The standard InChI is InChI=1S/C10H9ClN4/c11-8-4-3-7(12)6-9(8)14-10-2-1-5-13-15-10/h1-6H,12H2,(H,14,15). The highest BCUT2D eigenvalue weighted by Gasteiger charge is 2.01. The Kier molecular flexibility index (Phi) is 2.69. The first-order valence-corrected chi connectivity index (χ1v) is 4.73. The van der Waals surface area contributed by atoms with Crippen LogP contribution in [0.3, 0.4) is 0 Å². The van der Waals surface area contributed by atoms with Gasteiger partial charge in [-0.3, -0.25) is 0 Å². The molecule has 1 heterocycles. The average molecular weight is 221 g/mol. The van der Waals surface area contributed by atoms with E-state index in [9.17, 15) is 0 Å². The number of benzene rings is 1. The summed E-state index contributed by atoms with van der Waals surface area (Å²) in [7, 11) is 0. The first-order chi connectivity index (χ1) is 7.25. The van der Waals surface area contributed by atoms with Crippen molar-refractivity contribution in [2.45, 2.75) is 0 Å². The molecule has 4 nitrogen and oxygen atoms in total. The third-order valence-corrected chi connectivity index (χ3v) is 2.16. The number of hydrogen-bond donors (Lipinski definition) is 2. The van der Waals surface area contributed by atoms with Gasteiger partial charge in [0.2, 0.25) is 0 Å². The van der Waals surface area contributed by atoms with E-state index in [-0.39, 0.29) is 0 Å². The van der Waals surface area contributed by atoms with E-state index in [0.29, 0.717) is 16.5 Å². The molecule has 0 aliphatic rings. The maximum atomic E-state index is 5.98. The SMILES string of the molecule is Nc1ccc(Cl)c(Nc2cccnn2)c1. The molecule has 0 amide bonds. The zero-order valence-electron chi connectivity index (χ0n) is 7.81. The Hall–Kier alpha value is -1.81. The molecular formula is C10H9ClN4. The Balaban J connectivity index is 2.28. The summed E-state index contributed by atoms with van der Waals surface area (Å²) in [6.45, 7) is 0. The van der Waals surface area contributed by atoms with Crippen LogP contribution in [0, 0.1) is 0 Å². The van der Waals surface area contributed by atoms with Crippen LogP contribution >= 0.6 is 11.6 Å². The molecule has 15 heavy (non-hydrogen) atoms. The molecular weight excluding hydrogens is 212 g/mol. The Morgan fingerprint density at radius 3 is 2.87 bits per heavy atom. The van der Waals surface area contributed by atoms with E-state index in [2.05, 4.69) is 15.5 Å². The van der Waals surface area contributed by atoms with Crippen molar-refractivity contribution in [3.63, 3.8) is 0 Å². The zero-order chi connectivity index (χ0) is 10.7. The second-order valence-electron chi connectivity index (χ2n) is 2.97. The van der Waals surface area contributed by atoms with Crippen LogP contribution in [-0.4, -0.2) is 10.2 Å². The Morgan fingerprint density at radius 2 is 2.13 bits per heavy atom. The normalized spacial score (nSPS) is 9.93. The van der Waals surface area contributed by atoms with E-state index in [0.717, 1.165) is 5.69 Å². The molecule has 0 radical (unpaired) electrons. The minimum atomic E-state index is 0.592. The van der Waals surface area contributed by atoms with Crippen LogP contribution in [0.2, 0.25) is 5.02 Å². The van der Waals surface area contributed by atoms with Crippen molar-refractivity contribution in [3.8, 4) is 0 Å². The quantitative estimate of drug-likeness (QED) is 0.764. The van der Waals surface area contributed by atoms with Crippen molar-refractivity contribution < 1.29 is 0 Å². The number of rotatable bonds is 2. The fraction of sp³-hybridized carbons (Fsp3) is 0. The number of anilines is 3. The number of nitrogen functional groups attached to an aromatic ring is 1. The van der Waals surface area contributed by atoms with Gasteiger partial charge in [0.15, 0.2) is 5.82 Å². The number of nitrogens with one attached hydrogen (secondary N) is 1. The molecule has 1 aromatic carbocycles. The van der Waals surface area contributed by atoms with Crippen molar-refractivity contribution in [1.82, 2.24) is 10.2 Å². The highest BCUT2D eigenvalue weighted by Crippen LogP contribution is 2.26. The van der Waals surface area contributed by atoms with Gasteiger partial charge < -0.3 is 11.1 Å². The Morgan fingerprint density at radius 1 is 1.27 bits per heavy atom. The highest BCUT2D eigenvalue weighted by atomic mass is 35.5. The van der Waals surface area contributed by atoms with Crippen LogP contribution in [-0.2, 0) is 0 Å². The summed E-state index contributed by atoms with van der Waals surface area (Å²) in [6, 6.07) is 8.80. The second-order valence-corrected chi connectivity index (χ2v) is 3.38. The van der Waals surface area contributed by atoms with Crippen LogP contribution in [0.15, 0.2) is 36.5 Å². The average Bonchev–Trinajstić information content (AvgIpc) is 2.25. The smallest absolute Gasteiger partial charge is 0.153 e. The number of nitrogens with two attached hydrogens (primary N) is 1. The summed E-state index contributed by atoms with van der Waals surface area (Å²) in [5.74, 6) is 0.630. The first kappa shape index (κ1) is 9.73. The van der Waals surface area contributed by atoms with Crippen molar-refractivity contribution in [2.75, 3.05) is 11.1 Å². The lowest BCUT2D eigenvalue weighted by Gasteiger charge is -2.07. The second kappa shape index (κ2) is 4.14. The molecule has 0 aliphatic carbocycles. The fourth-order valence-electron chi connectivity index (χ4n) is 1.14. The van der Waals surface area contributed by atoms with Crippen LogP contribution in [0.1, 0.15) is 0 Å². The largest absolute Gasteiger partial charge is 0.399 e. The van der Waals surface area contributed by atoms with Gasteiger partial charge in [0.25, 0.3) is 0 Å². The van der Waals surface area contributed by atoms with Gasteiger partial charge in [-0.15, -0.1) is 5.10 Å². The summed E-state index contributed by atoms with van der Waals surface area (Å²) >= 11 is 5.98. The van der Waals surface area contributed by atoms with Gasteiger partial charge >= 0.3 is 0 Å². The molecule has 2 aromatic rings. The summed E-state index contributed by atoms with van der Waals surface area (Å²) in [6.07, 6.45) is 1.60. The monoisotopic (exact) mass is 220 g/mol. The predicted octanol–water partition coefficient (Wildman–Crippen LogP) is 2.46. The maximum absolute atomic E-state index is 5.98. The molecule has 76 valence electrons. The van der Waals surface area contributed by atoms with E-state index >= 15 is 0 Å². The molecule has 0 spiro atoms. The van der Waals surface area contributed by atoms with E-state index in [1.54, 1.807) is 36.5 Å². The van der Waals surface area contributed by atoms with Gasteiger partial charge in [0, 0.05) is 11.9 Å². The van der Waals surface area contributed by atoms with Crippen LogP contribution in [0.5, 0.6) is 0 Å². The number of halogens is 1. The van der Waals surface area contributed by atoms with Gasteiger partial charge in [0.05, 0.1) is 10.7 Å².